The Hall–Kier alpha value is -2.41. The number of hydrogen-bond acceptors (Lipinski definition) is 4. The first-order valence-electron chi connectivity index (χ1n) is 9.88. The number of fused-ring (bicyclic) bond motifs is 1. The van der Waals surface area contributed by atoms with E-state index < -0.39 is 17.9 Å². The molecule has 0 radical (unpaired) electrons. The van der Waals surface area contributed by atoms with Crippen LogP contribution in [0.2, 0.25) is 5.02 Å². The standard InChI is InChI=1S/C21H25ClFNO5/c1-2-3-4-9-17(21(27)28)29-18-11-16(15(23)10-14(18)22)24-19(25)12-7-5-6-8-13(12)20(24)26/h10-11,17,25-26H,2-9H2,1H3,(H,27,28). The van der Waals surface area contributed by atoms with Gasteiger partial charge in [-0.25, -0.2) is 13.8 Å². The summed E-state index contributed by atoms with van der Waals surface area (Å²) in [7, 11) is 0. The molecular formula is C21H25ClFNO5. The molecule has 1 atom stereocenters. The fourth-order valence-electron chi connectivity index (χ4n) is 3.74. The van der Waals surface area contributed by atoms with Gasteiger partial charge in [0.15, 0.2) is 6.10 Å². The molecule has 0 amide bonds. The molecule has 0 bridgehead atoms. The zero-order valence-corrected chi connectivity index (χ0v) is 17.0. The van der Waals surface area contributed by atoms with E-state index in [0.717, 1.165) is 36.3 Å². The van der Waals surface area contributed by atoms with Crippen LogP contribution in [0.25, 0.3) is 5.69 Å². The van der Waals surface area contributed by atoms with Gasteiger partial charge in [0.2, 0.25) is 11.8 Å². The second kappa shape index (κ2) is 8.95. The maximum Gasteiger partial charge on any atom is 0.344 e. The normalized spacial score (nSPS) is 14.4. The van der Waals surface area contributed by atoms with E-state index in [9.17, 15) is 24.5 Å². The first-order chi connectivity index (χ1) is 13.8. The molecule has 8 heteroatoms. The number of carboxylic acid groups (broad SMARTS) is 1. The number of nitrogens with zero attached hydrogens (tertiary/aromatic N) is 1. The number of aromatic hydroxyl groups is 2. The summed E-state index contributed by atoms with van der Waals surface area (Å²) in [5, 5.41) is 30.5. The number of aliphatic carboxylic acids is 1. The number of hydrogen-bond donors (Lipinski definition) is 3. The van der Waals surface area contributed by atoms with Crippen LogP contribution in [-0.4, -0.2) is 32.0 Å². The lowest BCUT2D eigenvalue weighted by molar-refractivity contribution is -0.145. The van der Waals surface area contributed by atoms with Crippen LogP contribution in [-0.2, 0) is 17.6 Å². The number of benzene rings is 1. The van der Waals surface area contributed by atoms with Crippen molar-refractivity contribution in [3.8, 4) is 23.2 Å². The van der Waals surface area contributed by atoms with Crippen LogP contribution in [0.3, 0.4) is 0 Å². The Kier molecular flexibility index (Phi) is 6.57. The summed E-state index contributed by atoms with van der Waals surface area (Å²) in [6.07, 6.45) is 4.58. The number of carbonyl (C=O) groups is 1. The van der Waals surface area contributed by atoms with E-state index in [1.807, 2.05) is 6.92 Å². The van der Waals surface area contributed by atoms with E-state index in [-0.39, 0.29) is 28.2 Å². The van der Waals surface area contributed by atoms with E-state index in [1.54, 1.807) is 0 Å². The number of aromatic nitrogens is 1. The van der Waals surface area contributed by atoms with Crippen LogP contribution in [0, 0.1) is 5.82 Å². The van der Waals surface area contributed by atoms with Crippen LogP contribution in [0.15, 0.2) is 12.1 Å². The minimum Gasteiger partial charge on any atom is -0.494 e. The summed E-state index contributed by atoms with van der Waals surface area (Å²) >= 11 is 6.09. The lowest BCUT2D eigenvalue weighted by Gasteiger charge is -2.18. The summed E-state index contributed by atoms with van der Waals surface area (Å²) in [5.41, 5.74) is 1.06. The number of carboxylic acids is 1. The van der Waals surface area contributed by atoms with E-state index in [4.69, 9.17) is 16.3 Å². The smallest absolute Gasteiger partial charge is 0.344 e. The highest BCUT2D eigenvalue weighted by Gasteiger charge is 2.28. The Morgan fingerprint density at radius 3 is 2.38 bits per heavy atom. The molecule has 6 nitrogen and oxygen atoms in total. The molecule has 1 aliphatic carbocycles. The fourth-order valence-corrected chi connectivity index (χ4v) is 3.94. The van der Waals surface area contributed by atoms with Gasteiger partial charge in [0.1, 0.15) is 11.6 Å². The zero-order valence-electron chi connectivity index (χ0n) is 16.3. The van der Waals surface area contributed by atoms with Crippen molar-refractivity contribution in [3.63, 3.8) is 0 Å². The summed E-state index contributed by atoms with van der Waals surface area (Å²) in [5.74, 6) is -2.36. The Labute approximate surface area is 173 Å². The second-order valence-electron chi connectivity index (χ2n) is 7.32. The van der Waals surface area contributed by atoms with E-state index in [0.29, 0.717) is 36.8 Å². The van der Waals surface area contributed by atoms with Gasteiger partial charge in [-0.3, -0.25) is 0 Å². The second-order valence-corrected chi connectivity index (χ2v) is 7.73. The van der Waals surface area contributed by atoms with Gasteiger partial charge >= 0.3 is 5.97 Å². The van der Waals surface area contributed by atoms with Crippen LogP contribution in [0.4, 0.5) is 4.39 Å². The summed E-state index contributed by atoms with van der Waals surface area (Å²) < 4.78 is 21.3. The lowest BCUT2D eigenvalue weighted by Crippen LogP contribution is -2.27. The van der Waals surface area contributed by atoms with Gasteiger partial charge in [-0.15, -0.1) is 0 Å². The Bertz CT molecular complexity index is 882. The highest BCUT2D eigenvalue weighted by atomic mass is 35.5. The average Bonchev–Trinajstić information content (AvgIpc) is 2.94. The highest BCUT2D eigenvalue weighted by molar-refractivity contribution is 6.32. The maximum atomic E-state index is 14.7. The molecule has 2 aromatic rings. The maximum absolute atomic E-state index is 14.7. The van der Waals surface area contributed by atoms with Crippen molar-refractivity contribution in [2.75, 3.05) is 0 Å². The molecule has 0 spiro atoms. The lowest BCUT2D eigenvalue weighted by atomic mass is 9.95. The molecule has 0 fully saturated rings. The van der Waals surface area contributed by atoms with Crippen molar-refractivity contribution in [2.45, 2.75) is 64.4 Å². The zero-order chi connectivity index (χ0) is 21.1. The quantitative estimate of drug-likeness (QED) is 0.519. The monoisotopic (exact) mass is 425 g/mol. The Morgan fingerprint density at radius 2 is 1.83 bits per heavy atom. The van der Waals surface area contributed by atoms with Crippen molar-refractivity contribution in [1.29, 1.82) is 0 Å². The summed E-state index contributed by atoms with van der Waals surface area (Å²) in [4.78, 5) is 11.5. The van der Waals surface area contributed by atoms with Gasteiger partial charge in [0.05, 0.1) is 10.7 Å². The molecule has 29 heavy (non-hydrogen) atoms. The molecular weight excluding hydrogens is 401 g/mol. The predicted molar refractivity (Wildman–Crippen MR) is 107 cm³/mol. The van der Waals surface area contributed by atoms with Crippen molar-refractivity contribution >= 4 is 17.6 Å². The van der Waals surface area contributed by atoms with E-state index in [1.165, 1.54) is 6.07 Å². The third-order valence-corrected chi connectivity index (χ3v) is 5.58. The Morgan fingerprint density at radius 1 is 1.21 bits per heavy atom. The number of rotatable bonds is 8. The third kappa shape index (κ3) is 4.29. The van der Waals surface area contributed by atoms with Gasteiger partial charge < -0.3 is 20.1 Å². The highest BCUT2D eigenvalue weighted by Crippen LogP contribution is 2.42. The molecule has 1 heterocycles. The summed E-state index contributed by atoms with van der Waals surface area (Å²) in [6, 6.07) is 2.22. The van der Waals surface area contributed by atoms with Gasteiger partial charge in [-0.1, -0.05) is 31.4 Å². The SMILES string of the molecule is CCCCCC(Oc1cc(-n2c(O)c3c(c2O)CCCC3)c(F)cc1Cl)C(=O)O. The van der Waals surface area contributed by atoms with Crippen LogP contribution in [0.5, 0.6) is 17.5 Å². The Balaban J connectivity index is 1.98. The number of halogens is 2. The van der Waals surface area contributed by atoms with Gasteiger partial charge in [0, 0.05) is 17.2 Å². The predicted octanol–water partition coefficient (Wildman–Crippen LogP) is 4.97. The molecule has 1 aromatic heterocycles. The molecule has 1 aliphatic rings. The number of unbranched alkanes of at least 4 members (excludes halogenated alkanes) is 2. The molecule has 0 saturated carbocycles. The summed E-state index contributed by atoms with van der Waals surface area (Å²) in [6.45, 7) is 2.01. The van der Waals surface area contributed by atoms with Crippen molar-refractivity contribution in [3.05, 3.63) is 34.1 Å². The van der Waals surface area contributed by atoms with Crippen molar-refractivity contribution < 1.29 is 29.2 Å². The average molecular weight is 426 g/mol. The first-order valence-corrected chi connectivity index (χ1v) is 10.3. The van der Waals surface area contributed by atoms with Crippen LogP contribution in [0.1, 0.15) is 56.6 Å². The fraction of sp³-hybridized carbons (Fsp3) is 0.476. The van der Waals surface area contributed by atoms with E-state index in [2.05, 4.69) is 0 Å². The van der Waals surface area contributed by atoms with Crippen LogP contribution < -0.4 is 4.74 Å². The van der Waals surface area contributed by atoms with Crippen molar-refractivity contribution in [1.82, 2.24) is 4.57 Å². The van der Waals surface area contributed by atoms with Gasteiger partial charge in [0.25, 0.3) is 0 Å². The van der Waals surface area contributed by atoms with E-state index >= 15 is 0 Å². The molecule has 1 unspecified atom stereocenters. The minimum atomic E-state index is -1.13. The minimum absolute atomic E-state index is 0.0163. The van der Waals surface area contributed by atoms with Crippen molar-refractivity contribution in [2.24, 2.45) is 0 Å². The molecule has 0 saturated heterocycles. The number of ether oxygens (including phenoxy) is 1. The molecule has 3 rings (SSSR count). The molecule has 0 aliphatic heterocycles. The van der Waals surface area contributed by atoms with Crippen LogP contribution >= 0.6 is 11.6 Å². The topological polar surface area (TPSA) is 91.9 Å². The first kappa shape index (κ1) is 21.3. The van der Waals surface area contributed by atoms with Gasteiger partial charge in [-0.05, 0) is 44.6 Å². The largest absolute Gasteiger partial charge is 0.494 e. The molecule has 158 valence electrons. The van der Waals surface area contributed by atoms with Gasteiger partial charge in [-0.2, -0.15) is 0 Å². The molecule has 1 aromatic carbocycles. The third-order valence-electron chi connectivity index (χ3n) is 5.29. The molecule has 3 N–H and O–H groups in total.